The zero-order valence-corrected chi connectivity index (χ0v) is 23.9. The van der Waals surface area contributed by atoms with E-state index in [9.17, 15) is 9.59 Å². The molecule has 214 valence electrons. The molecular weight excluding hydrogens is 510 g/mol. The molecule has 0 atom stereocenters. The molecule has 0 saturated heterocycles. The number of aryl methyl sites for hydroxylation is 4. The van der Waals surface area contributed by atoms with Gasteiger partial charge >= 0.3 is 12.2 Å². The number of fused-ring (bicyclic) bond motifs is 3. The third-order valence-corrected chi connectivity index (χ3v) is 6.64. The van der Waals surface area contributed by atoms with Crippen molar-refractivity contribution in [1.29, 1.82) is 0 Å². The summed E-state index contributed by atoms with van der Waals surface area (Å²) in [6, 6.07) is 9.66. The number of para-hydroxylation sites is 1. The van der Waals surface area contributed by atoms with Gasteiger partial charge in [0.15, 0.2) is 5.82 Å². The molecule has 0 spiro atoms. The lowest BCUT2D eigenvalue weighted by atomic mass is 10.0. The Morgan fingerprint density at radius 3 is 2.27 bits per heavy atom. The highest BCUT2D eigenvalue weighted by Crippen LogP contribution is 2.35. The van der Waals surface area contributed by atoms with Crippen molar-refractivity contribution in [3.8, 4) is 0 Å². The van der Waals surface area contributed by atoms with Gasteiger partial charge in [-0.2, -0.15) is 10.00 Å². The third-order valence-electron chi connectivity index (χ3n) is 6.64. The van der Waals surface area contributed by atoms with Crippen LogP contribution in [0.25, 0.3) is 21.8 Å². The highest BCUT2D eigenvalue weighted by molar-refractivity contribution is 6.18. The van der Waals surface area contributed by atoms with Crippen molar-refractivity contribution < 1.29 is 23.6 Å². The summed E-state index contributed by atoms with van der Waals surface area (Å²) >= 11 is 0. The quantitative estimate of drug-likeness (QED) is 0.162. The number of carbonyl (C=O) groups excluding carboxylic acids is 2. The van der Waals surface area contributed by atoms with Gasteiger partial charge in [-0.25, -0.2) is 14.6 Å². The SMILES string of the molecule is CCCCOC(=O)N(C(=O)OCCCC)c1nc2ccccc2c2c(CCCc3cc(C)no3)n(CCC)nc12. The number of ether oxygens (including phenoxy) is 2. The first-order chi connectivity index (χ1) is 19.5. The fourth-order valence-corrected chi connectivity index (χ4v) is 4.64. The number of aromatic nitrogens is 4. The van der Waals surface area contributed by atoms with Crippen LogP contribution < -0.4 is 4.90 Å². The molecule has 0 fully saturated rings. The first kappa shape index (κ1) is 29.0. The Balaban J connectivity index is 1.82. The van der Waals surface area contributed by atoms with Crippen molar-refractivity contribution >= 4 is 39.8 Å². The summed E-state index contributed by atoms with van der Waals surface area (Å²) in [7, 11) is 0. The molecule has 2 amide bonds. The number of carbonyl (C=O) groups is 2. The number of rotatable bonds is 13. The number of hydrogen-bond acceptors (Lipinski definition) is 8. The van der Waals surface area contributed by atoms with E-state index in [4.69, 9.17) is 24.1 Å². The second kappa shape index (κ2) is 13.9. The Bertz CT molecular complexity index is 1420. The molecule has 3 heterocycles. The van der Waals surface area contributed by atoms with E-state index in [1.165, 1.54) is 0 Å². The lowest BCUT2D eigenvalue weighted by Gasteiger charge is -2.20. The molecule has 0 N–H and O–H groups in total. The van der Waals surface area contributed by atoms with Crippen LogP contribution in [0.5, 0.6) is 0 Å². The Morgan fingerprint density at radius 2 is 1.65 bits per heavy atom. The summed E-state index contributed by atoms with van der Waals surface area (Å²) in [4.78, 5) is 32.3. The maximum Gasteiger partial charge on any atom is 0.425 e. The molecule has 0 radical (unpaired) electrons. The van der Waals surface area contributed by atoms with Crippen LogP contribution in [-0.2, 0) is 28.9 Å². The summed E-state index contributed by atoms with van der Waals surface area (Å²) in [5.41, 5.74) is 3.00. The average Bonchev–Trinajstić information content (AvgIpc) is 3.53. The largest absolute Gasteiger partial charge is 0.449 e. The number of imide groups is 1. The van der Waals surface area contributed by atoms with E-state index in [0.717, 1.165) is 64.9 Å². The highest BCUT2D eigenvalue weighted by atomic mass is 16.6. The maximum absolute atomic E-state index is 13.3. The second-order valence-electron chi connectivity index (χ2n) is 9.91. The van der Waals surface area contributed by atoms with Gasteiger partial charge in [0.05, 0.1) is 24.4 Å². The molecule has 0 aliphatic heterocycles. The molecule has 10 heteroatoms. The van der Waals surface area contributed by atoms with Gasteiger partial charge in [-0.3, -0.25) is 4.68 Å². The van der Waals surface area contributed by atoms with E-state index in [1.54, 1.807) is 0 Å². The number of amides is 2. The van der Waals surface area contributed by atoms with E-state index in [-0.39, 0.29) is 19.0 Å². The zero-order chi connectivity index (χ0) is 28.5. The molecule has 0 saturated carbocycles. The zero-order valence-electron chi connectivity index (χ0n) is 23.9. The van der Waals surface area contributed by atoms with E-state index >= 15 is 0 Å². The van der Waals surface area contributed by atoms with Gasteiger partial charge < -0.3 is 14.0 Å². The predicted molar refractivity (Wildman–Crippen MR) is 154 cm³/mol. The van der Waals surface area contributed by atoms with Crippen molar-refractivity contribution in [2.24, 2.45) is 0 Å². The van der Waals surface area contributed by atoms with E-state index in [2.05, 4.69) is 12.1 Å². The highest BCUT2D eigenvalue weighted by Gasteiger charge is 2.32. The molecule has 3 aromatic heterocycles. The molecule has 4 aromatic rings. The van der Waals surface area contributed by atoms with Crippen molar-refractivity contribution in [2.75, 3.05) is 18.1 Å². The summed E-state index contributed by atoms with van der Waals surface area (Å²) in [6.45, 7) is 9.08. The van der Waals surface area contributed by atoms with Crippen molar-refractivity contribution in [1.82, 2.24) is 19.9 Å². The topological polar surface area (TPSA) is 113 Å². The molecule has 0 unspecified atom stereocenters. The Hall–Kier alpha value is -3.95. The normalized spacial score (nSPS) is 11.3. The van der Waals surface area contributed by atoms with Gasteiger partial charge in [-0.05, 0) is 45.1 Å². The Labute approximate surface area is 234 Å². The first-order valence-corrected chi connectivity index (χ1v) is 14.3. The predicted octanol–water partition coefficient (Wildman–Crippen LogP) is 7.15. The van der Waals surface area contributed by atoms with Crippen LogP contribution in [0.1, 0.15) is 76.4 Å². The van der Waals surface area contributed by atoms with E-state index in [1.807, 2.05) is 55.8 Å². The van der Waals surface area contributed by atoms with E-state index < -0.39 is 12.2 Å². The van der Waals surface area contributed by atoms with Gasteiger partial charge in [0, 0.05) is 35.5 Å². The molecule has 0 aliphatic carbocycles. The maximum atomic E-state index is 13.3. The number of pyridine rings is 1. The molecule has 4 rings (SSSR count). The van der Waals surface area contributed by atoms with Gasteiger partial charge in [-0.1, -0.05) is 57.0 Å². The monoisotopic (exact) mass is 549 g/mol. The standard InChI is InChI=1S/C30H39N5O5/c1-5-8-18-38-29(36)35(30(37)39-19-9-6-2)28-27-26(23-14-10-11-15-24(23)31-28)25(34(32-27)17-7-3)16-12-13-22-20-21(4)33-40-22/h10-11,14-15,20H,5-9,12-13,16-19H2,1-4H3. The second-order valence-corrected chi connectivity index (χ2v) is 9.91. The van der Waals surface area contributed by atoms with Gasteiger partial charge in [-0.15, -0.1) is 0 Å². The number of benzene rings is 1. The van der Waals surface area contributed by atoms with Crippen LogP contribution in [-0.4, -0.2) is 45.3 Å². The summed E-state index contributed by atoms with van der Waals surface area (Å²) in [5.74, 6) is 0.963. The van der Waals surface area contributed by atoms with Crippen molar-refractivity contribution in [2.45, 2.75) is 85.6 Å². The fraction of sp³-hybridized carbons (Fsp3) is 0.500. The van der Waals surface area contributed by atoms with Crippen LogP contribution >= 0.6 is 0 Å². The van der Waals surface area contributed by atoms with Gasteiger partial charge in [0.25, 0.3) is 0 Å². The minimum atomic E-state index is -0.814. The minimum Gasteiger partial charge on any atom is -0.449 e. The lowest BCUT2D eigenvalue weighted by Crippen LogP contribution is -2.39. The number of nitrogens with zero attached hydrogens (tertiary/aromatic N) is 5. The van der Waals surface area contributed by atoms with Crippen LogP contribution in [0.3, 0.4) is 0 Å². The van der Waals surface area contributed by atoms with Crippen LogP contribution in [0.2, 0.25) is 0 Å². The molecule has 1 aromatic carbocycles. The summed E-state index contributed by atoms with van der Waals surface area (Å²) < 4.78 is 18.3. The summed E-state index contributed by atoms with van der Waals surface area (Å²) in [5, 5.41) is 10.7. The first-order valence-electron chi connectivity index (χ1n) is 14.3. The minimum absolute atomic E-state index is 0.124. The lowest BCUT2D eigenvalue weighted by molar-refractivity contribution is 0.132. The third kappa shape index (κ3) is 6.60. The molecule has 0 aliphatic rings. The summed E-state index contributed by atoms with van der Waals surface area (Å²) in [6.07, 6.45) is 4.57. The van der Waals surface area contributed by atoms with Crippen LogP contribution in [0.4, 0.5) is 15.4 Å². The average molecular weight is 550 g/mol. The van der Waals surface area contributed by atoms with Crippen molar-refractivity contribution in [3.05, 3.63) is 47.5 Å². The van der Waals surface area contributed by atoms with Crippen LogP contribution in [0, 0.1) is 6.92 Å². The Morgan fingerprint density at radius 1 is 0.950 bits per heavy atom. The molecule has 40 heavy (non-hydrogen) atoms. The smallest absolute Gasteiger partial charge is 0.425 e. The molecule has 0 bridgehead atoms. The fourth-order valence-electron chi connectivity index (χ4n) is 4.64. The van der Waals surface area contributed by atoms with Gasteiger partial charge in [0.1, 0.15) is 11.3 Å². The number of anilines is 1. The van der Waals surface area contributed by atoms with E-state index in [0.29, 0.717) is 36.8 Å². The number of unbranched alkanes of at least 4 members (excludes halogenated alkanes) is 2. The molecular formula is C30H39N5O5. The van der Waals surface area contributed by atoms with Crippen molar-refractivity contribution in [3.63, 3.8) is 0 Å². The van der Waals surface area contributed by atoms with Crippen LogP contribution in [0.15, 0.2) is 34.9 Å². The molecule has 10 nitrogen and oxygen atoms in total. The number of hydrogen-bond donors (Lipinski definition) is 0. The van der Waals surface area contributed by atoms with Gasteiger partial charge in [0.2, 0.25) is 0 Å². The Kier molecular flexibility index (Phi) is 10.1.